The Morgan fingerprint density at radius 3 is 1.51 bits per heavy atom. The first kappa shape index (κ1) is 35.6. The molecule has 0 saturated carbocycles. The second-order valence-electron chi connectivity index (χ2n) is 10.7. The van der Waals surface area contributed by atoms with Crippen molar-refractivity contribution in [2.45, 2.75) is 162 Å². The molecule has 0 atom stereocenters. The summed E-state index contributed by atoms with van der Waals surface area (Å²) in [6, 6.07) is -0.355. The molecular formula is C32H62N2O3. The molecule has 0 spiro atoms. The minimum absolute atomic E-state index is 0.0761. The first-order chi connectivity index (χ1) is 18.2. The highest BCUT2D eigenvalue weighted by Crippen LogP contribution is 2.11. The number of unbranched alkanes of at least 4 members (excludes halogenated alkanes) is 19. The third-order valence-corrected chi connectivity index (χ3v) is 7.10. The number of carbonyl (C=O) groups is 2. The van der Waals surface area contributed by atoms with Crippen LogP contribution in [0.25, 0.3) is 0 Å². The minimum Gasteiger partial charge on any atom is -0.395 e. The second-order valence-corrected chi connectivity index (χ2v) is 10.7. The Hall–Kier alpha value is -1.36. The lowest BCUT2D eigenvalue weighted by Crippen LogP contribution is -2.44. The summed E-state index contributed by atoms with van der Waals surface area (Å²) in [6.45, 7) is 5.30. The number of amides is 3. The normalized spacial score (nSPS) is 11.3. The van der Waals surface area contributed by atoms with Crippen LogP contribution in [0.1, 0.15) is 162 Å². The number of hydrogen-bond acceptors (Lipinski definition) is 3. The molecule has 0 unspecified atom stereocenters. The molecule has 0 aliphatic carbocycles. The molecule has 0 fully saturated rings. The molecule has 0 saturated heterocycles. The third kappa shape index (κ3) is 26.0. The lowest BCUT2D eigenvalue weighted by atomic mass is 10.1. The first-order valence-electron chi connectivity index (χ1n) is 16.0. The van der Waals surface area contributed by atoms with E-state index in [0.29, 0.717) is 13.0 Å². The first-order valence-corrected chi connectivity index (χ1v) is 16.0. The molecule has 0 aromatic heterocycles. The zero-order valence-corrected chi connectivity index (χ0v) is 24.8. The van der Waals surface area contributed by atoms with E-state index in [4.69, 9.17) is 0 Å². The smallest absolute Gasteiger partial charge is 0.324 e. The topological polar surface area (TPSA) is 69.6 Å². The van der Waals surface area contributed by atoms with Crippen LogP contribution in [-0.2, 0) is 4.79 Å². The van der Waals surface area contributed by atoms with Crippen molar-refractivity contribution in [1.29, 1.82) is 0 Å². The van der Waals surface area contributed by atoms with E-state index in [0.717, 1.165) is 38.5 Å². The van der Waals surface area contributed by atoms with Gasteiger partial charge in [-0.05, 0) is 38.5 Å². The van der Waals surface area contributed by atoms with E-state index in [-0.39, 0.29) is 25.1 Å². The van der Waals surface area contributed by atoms with Gasteiger partial charge in [-0.3, -0.25) is 10.1 Å². The fourth-order valence-corrected chi connectivity index (χ4v) is 4.67. The zero-order chi connectivity index (χ0) is 27.2. The van der Waals surface area contributed by atoms with Crippen molar-refractivity contribution in [3.63, 3.8) is 0 Å². The van der Waals surface area contributed by atoms with Crippen molar-refractivity contribution in [3.05, 3.63) is 12.2 Å². The lowest BCUT2D eigenvalue weighted by Gasteiger charge is -2.21. The number of urea groups is 1. The summed E-state index contributed by atoms with van der Waals surface area (Å²) in [7, 11) is 0. The number of nitrogens with one attached hydrogen (secondary N) is 1. The van der Waals surface area contributed by atoms with Crippen molar-refractivity contribution in [1.82, 2.24) is 10.2 Å². The standard InChI is InChI=1S/C32H62N2O3/c1-3-5-7-9-11-13-14-15-16-17-18-19-21-23-25-27-31(36)33-32(37)34(29-30-35)28-26-24-22-20-12-10-8-6-4-2/h15-16,35H,3-14,17-30H2,1-2H3,(H,33,36,37). The van der Waals surface area contributed by atoms with Crippen LogP contribution in [0.5, 0.6) is 0 Å². The van der Waals surface area contributed by atoms with Crippen molar-refractivity contribution in [2.24, 2.45) is 0 Å². The van der Waals surface area contributed by atoms with Gasteiger partial charge in [-0.15, -0.1) is 0 Å². The van der Waals surface area contributed by atoms with E-state index >= 15 is 0 Å². The maximum atomic E-state index is 12.4. The summed E-state index contributed by atoms with van der Waals surface area (Å²) in [6.07, 6.45) is 32.0. The van der Waals surface area contributed by atoms with E-state index in [1.807, 2.05) is 0 Å². The van der Waals surface area contributed by atoms with Gasteiger partial charge in [0.25, 0.3) is 0 Å². The molecular weight excluding hydrogens is 460 g/mol. The van der Waals surface area contributed by atoms with Gasteiger partial charge in [-0.1, -0.05) is 129 Å². The third-order valence-electron chi connectivity index (χ3n) is 7.10. The Labute approximate surface area is 230 Å². The van der Waals surface area contributed by atoms with Gasteiger partial charge < -0.3 is 10.0 Å². The second kappa shape index (κ2) is 29.2. The molecule has 2 N–H and O–H groups in total. The van der Waals surface area contributed by atoms with Crippen LogP contribution in [0, 0.1) is 0 Å². The number of carbonyl (C=O) groups excluding carboxylic acids is 2. The van der Waals surface area contributed by atoms with Crippen LogP contribution in [0.3, 0.4) is 0 Å². The number of allylic oxidation sites excluding steroid dienone is 2. The molecule has 0 radical (unpaired) electrons. The van der Waals surface area contributed by atoms with Gasteiger partial charge in [0, 0.05) is 19.5 Å². The van der Waals surface area contributed by atoms with Crippen LogP contribution < -0.4 is 5.32 Å². The van der Waals surface area contributed by atoms with Crippen molar-refractivity contribution < 1.29 is 14.7 Å². The van der Waals surface area contributed by atoms with E-state index in [1.54, 1.807) is 4.90 Å². The molecule has 37 heavy (non-hydrogen) atoms. The molecule has 5 heteroatoms. The minimum atomic E-state index is -0.355. The lowest BCUT2D eigenvalue weighted by molar-refractivity contribution is -0.120. The highest BCUT2D eigenvalue weighted by molar-refractivity contribution is 5.94. The highest BCUT2D eigenvalue weighted by atomic mass is 16.3. The molecule has 0 aliphatic heterocycles. The number of aliphatic hydroxyl groups is 1. The number of rotatable bonds is 27. The number of nitrogens with zero attached hydrogens (tertiary/aromatic N) is 1. The molecule has 3 amide bonds. The average molecular weight is 523 g/mol. The summed E-state index contributed by atoms with van der Waals surface area (Å²) in [4.78, 5) is 26.2. The molecule has 0 heterocycles. The molecule has 218 valence electrons. The largest absolute Gasteiger partial charge is 0.395 e. The summed E-state index contributed by atoms with van der Waals surface area (Å²) in [5, 5.41) is 11.8. The molecule has 0 aromatic rings. The van der Waals surface area contributed by atoms with Gasteiger partial charge in [-0.2, -0.15) is 0 Å². The Balaban J connectivity index is 3.71. The van der Waals surface area contributed by atoms with Gasteiger partial charge in [0.1, 0.15) is 0 Å². The van der Waals surface area contributed by atoms with Crippen LogP contribution in [0.4, 0.5) is 4.79 Å². The molecule has 0 rings (SSSR count). The van der Waals surface area contributed by atoms with Crippen LogP contribution >= 0.6 is 0 Å². The predicted molar refractivity (Wildman–Crippen MR) is 159 cm³/mol. The van der Waals surface area contributed by atoms with E-state index in [9.17, 15) is 14.7 Å². The van der Waals surface area contributed by atoms with Crippen LogP contribution in [0.15, 0.2) is 12.2 Å². The molecule has 0 aromatic carbocycles. The Morgan fingerprint density at radius 2 is 1.03 bits per heavy atom. The maximum absolute atomic E-state index is 12.4. The van der Waals surface area contributed by atoms with Gasteiger partial charge >= 0.3 is 6.03 Å². The van der Waals surface area contributed by atoms with Crippen molar-refractivity contribution in [3.8, 4) is 0 Å². The summed E-state index contributed by atoms with van der Waals surface area (Å²) >= 11 is 0. The predicted octanol–water partition coefficient (Wildman–Crippen LogP) is 9.09. The molecule has 0 aliphatic rings. The summed E-state index contributed by atoms with van der Waals surface area (Å²) in [5.41, 5.74) is 0. The van der Waals surface area contributed by atoms with Gasteiger partial charge in [0.2, 0.25) is 5.91 Å². The maximum Gasteiger partial charge on any atom is 0.324 e. The van der Waals surface area contributed by atoms with Crippen molar-refractivity contribution >= 4 is 11.9 Å². The van der Waals surface area contributed by atoms with Gasteiger partial charge in [0.05, 0.1) is 6.61 Å². The fraction of sp³-hybridized carbons (Fsp3) is 0.875. The monoisotopic (exact) mass is 522 g/mol. The number of aliphatic hydroxyl groups excluding tert-OH is 1. The molecule has 0 bridgehead atoms. The Kier molecular flexibility index (Phi) is 28.1. The highest BCUT2D eigenvalue weighted by Gasteiger charge is 2.15. The van der Waals surface area contributed by atoms with E-state index in [2.05, 4.69) is 31.3 Å². The van der Waals surface area contributed by atoms with E-state index in [1.165, 1.54) is 103 Å². The quantitative estimate of drug-likeness (QED) is 0.0834. The van der Waals surface area contributed by atoms with Gasteiger partial charge in [0.15, 0.2) is 0 Å². The fourth-order valence-electron chi connectivity index (χ4n) is 4.67. The zero-order valence-electron chi connectivity index (χ0n) is 24.8. The van der Waals surface area contributed by atoms with Crippen LogP contribution in [-0.4, -0.2) is 41.6 Å². The number of imide groups is 1. The summed E-state index contributed by atoms with van der Waals surface area (Å²) in [5.74, 6) is -0.197. The van der Waals surface area contributed by atoms with E-state index < -0.39 is 0 Å². The van der Waals surface area contributed by atoms with Crippen LogP contribution in [0.2, 0.25) is 0 Å². The summed E-state index contributed by atoms with van der Waals surface area (Å²) < 4.78 is 0. The van der Waals surface area contributed by atoms with Crippen molar-refractivity contribution in [2.75, 3.05) is 19.7 Å². The Bertz CT molecular complexity index is 536. The number of hydrogen-bond donors (Lipinski definition) is 2. The van der Waals surface area contributed by atoms with Gasteiger partial charge in [-0.25, -0.2) is 4.79 Å². The SMILES string of the molecule is CCCCCCCCC=CCCCCCCCC(=O)NC(=O)N(CCO)CCCCCCCCCCC. The molecule has 5 nitrogen and oxygen atoms in total. The average Bonchev–Trinajstić information content (AvgIpc) is 2.89. The Morgan fingerprint density at radius 1 is 0.595 bits per heavy atom.